The molecular weight excluding hydrogens is 238 g/mol. The molecule has 0 aliphatic carbocycles. The molecule has 2 unspecified atom stereocenters. The second-order valence-electron chi connectivity index (χ2n) is 5.52. The van der Waals surface area contributed by atoms with Gasteiger partial charge in [-0.1, -0.05) is 6.92 Å². The quantitative estimate of drug-likeness (QED) is 0.810. The van der Waals surface area contributed by atoms with Crippen LogP contribution in [0.4, 0.5) is 0 Å². The predicted molar refractivity (Wildman–Crippen MR) is 77.3 cm³/mol. The minimum atomic E-state index is 0.333. The summed E-state index contributed by atoms with van der Waals surface area (Å²) in [5, 5.41) is 3.59. The molecule has 108 valence electrons. The van der Waals surface area contributed by atoms with Gasteiger partial charge in [-0.25, -0.2) is 0 Å². The number of aryl methyl sites for hydroxylation is 1. The number of furan rings is 1. The first-order valence-electron chi connectivity index (χ1n) is 7.71. The van der Waals surface area contributed by atoms with Crippen LogP contribution in [0.1, 0.15) is 63.0 Å². The van der Waals surface area contributed by atoms with Gasteiger partial charge in [0.15, 0.2) is 0 Å². The summed E-state index contributed by atoms with van der Waals surface area (Å²) in [6.07, 6.45) is 7.59. The summed E-state index contributed by atoms with van der Waals surface area (Å²) in [7, 11) is 0. The summed E-state index contributed by atoms with van der Waals surface area (Å²) in [5.41, 5.74) is 0. The lowest BCUT2D eigenvalue weighted by molar-refractivity contribution is 0.00820. The van der Waals surface area contributed by atoms with Gasteiger partial charge in [0.1, 0.15) is 11.5 Å². The molecule has 1 N–H and O–H groups in total. The van der Waals surface area contributed by atoms with Gasteiger partial charge >= 0.3 is 0 Å². The van der Waals surface area contributed by atoms with E-state index in [1.807, 2.05) is 13.0 Å². The van der Waals surface area contributed by atoms with Gasteiger partial charge in [0.05, 0.1) is 12.1 Å². The van der Waals surface area contributed by atoms with Crippen LogP contribution in [0.3, 0.4) is 0 Å². The van der Waals surface area contributed by atoms with E-state index >= 15 is 0 Å². The molecule has 0 radical (unpaired) electrons. The summed E-state index contributed by atoms with van der Waals surface area (Å²) in [6, 6.07) is 4.48. The zero-order valence-electron chi connectivity index (χ0n) is 12.3. The number of nitrogens with one attached hydrogen (secondary N) is 1. The van der Waals surface area contributed by atoms with Crippen LogP contribution in [0.5, 0.6) is 0 Å². The van der Waals surface area contributed by atoms with Crippen LogP contribution in [0.2, 0.25) is 0 Å². The third kappa shape index (κ3) is 4.66. The van der Waals surface area contributed by atoms with Crippen LogP contribution < -0.4 is 5.32 Å². The van der Waals surface area contributed by atoms with Crippen LogP contribution >= 0.6 is 0 Å². The largest absolute Gasteiger partial charge is 0.465 e. The zero-order chi connectivity index (χ0) is 13.5. The molecule has 3 heteroatoms. The molecule has 0 spiro atoms. The molecule has 1 saturated heterocycles. The van der Waals surface area contributed by atoms with Crippen molar-refractivity contribution in [3.63, 3.8) is 0 Å². The standard InChI is InChI=1S/C16H27NO2/c1-3-11-17-15(16-10-7-13(2)19-16)9-8-14-6-4-5-12-18-14/h7,10,14-15,17H,3-6,8-9,11-12H2,1-2H3. The Kier molecular flexibility index (Phi) is 5.93. The maximum Gasteiger partial charge on any atom is 0.121 e. The van der Waals surface area contributed by atoms with Gasteiger partial charge in [0.2, 0.25) is 0 Å². The Bertz CT molecular complexity index is 355. The SMILES string of the molecule is CCCNC(CCC1CCCCO1)c1ccc(C)o1. The van der Waals surface area contributed by atoms with E-state index in [9.17, 15) is 0 Å². The van der Waals surface area contributed by atoms with Gasteiger partial charge in [-0.05, 0) is 64.1 Å². The van der Waals surface area contributed by atoms with E-state index in [1.165, 1.54) is 19.3 Å². The van der Waals surface area contributed by atoms with Crippen molar-refractivity contribution in [2.75, 3.05) is 13.2 Å². The topological polar surface area (TPSA) is 34.4 Å². The Morgan fingerprint density at radius 2 is 2.26 bits per heavy atom. The second kappa shape index (κ2) is 7.71. The van der Waals surface area contributed by atoms with Crippen LogP contribution in [0, 0.1) is 6.92 Å². The highest BCUT2D eigenvalue weighted by molar-refractivity contribution is 5.09. The Morgan fingerprint density at radius 1 is 1.37 bits per heavy atom. The smallest absolute Gasteiger partial charge is 0.121 e. The van der Waals surface area contributed by atoms with Crippen molar-refractivity contribution in [3.05, 3.63) is 23.7 Å². The Morgan fingerprint density at radius 3 is 2.89 bits per heavy atom. The lowest BCUT2D eigenvalue weighted by atomic mass is 10.0. The molecule has 1 fully saturated rings. The molecule has 2 atom stereocenters. The first-order chi connectivity index (χ1) is 9.29. The van der Waals surface area contributed by atoms with E-state index in [4.69, 9.17) is 9.15 Å². The van der Waals surface area contributed by atoms with E-state index in [0.29, 0.717) is 12.1 Å². The highest BCUT2D eigenvalue weighted by Gasteiger charge is 2.19. The van der Waals surface area contributed by atoms with Crippen molar-refractivity contribution >= 4 is 0 Å². The van der Waals surface area contributed by atoms with Gasteiger partial charge in [0, 0.05) is 6.61 Å². The van der Waals surface area contributed by atoms with Crippen molar-refractivity contribution in [3.8, 4) is 0 Å². The number of hydrogen-bond acceptors (Lipinski definition) is 3. The molecule has 1 aliphatic heterocycles. The molecule has 1 aromatic heterocycles. The summed E-state index contributed by atoms with van der Waals surface area (Å²) < 4.78 is 11.6. The van der Waals surface area contributed by atoms with Gasteiger partial charge in [-0.2, -0.15) is 0 Å². The summed E-state index contributed by atoms with van der Waals surface area (Å²) in [4.78, 5) is 0. The Hall–Kier alpha value is -0.800. The molecule has 0 saturated carbocycles. The molecule has 19 heavy (non-hydrogen) atoms. The monoisotopic (exact) mass is 265 g/mol. The van der Waals surface area contributed by atoms with E-state index in [-0.39, 0.29) is 0 Å². The van der Waals surface area contributed by atoms with Crippen LogP contribution in [0.15, 0.2) is 16.5 Å². The lowest BCUT2D eigenvalue weighted by Crippen LogP contribution is -2.25. The van der Waals surface area contributed by atoms with Crippen molar-refractivity contribution in [2.24, 2.45) is 0 Å². The molecular formula is C16H27NO2. The molecule has 3 nitrogen and oxygen atoms in total. The van der Waals surface area contributed by atoms with Crippen LogP contribution in [-0.2, 0) is 4.74 Å². The summed E-state index contributed by atoms with van der Waals surface area (Å²) in [6.45, 7) is 6.18. The van der Waals surface area contributed by atoms with Gasteiger partial charge in [-0.15, -0.1) is 0 Å². The first-order valence-corrected chi connectivity index (χ1v) is 7.71. The fraction of sp³-hybridized carbons (Fsp3) is 0.750. The molecule has 2 rings (SSSR count). The van der Waals surface area contributed by atoms with Crippen molar-refractivity contribution in [1.82, 2.24) is 5.32 Å². The fourth-order valence-electron chi connectivity index (χ4n) is 2.69. The van der Waals surface area contributed by atoms with E-state index < -0.39 is 0 Å². The average molecular weight is 265 g/mol. The highest BCUT2D eigenvalue weighted by atomic mass is 16.5. The maximum absolute atomic E-state index is 5.82. The van der Waals surface area contributed by atoms with Gasteiger partial charge in [0.25, 0.3) is 0 Å². The Labute approximate surface area is 116 Å². The van der Waals surface area contributed by atoms with Crippen molar-refractivity contribution in [2.45, 2.75) is 64.5 Å². The predicted octanol–water partition coefficient (Wildman–Crippen LogP) is 3.98. The summed E-state index contributed by atoms with van der Waals surface area (Å²) in [5.74, 6) is 2.06. The number of hydrogen-bond donors (Lipinski definition) is 1. The van der Waals surface area contributed by atoms with E-state index in [1.54, 1.807) is 0 Å². The van der Waals surface area contributed by atoms with E-state index in [2.05, 4.69) is 18.3 Å². The van der Waals surface area contributed by atoms with E-state index in [0.717, 1.165) is 43.9 Å². The molecule has 1 aliphatic rings. The van der Waals surface area contributed by atoms with Crippen molar-refractivity contribution in [1.29, 1.82) is 0 Å². The highest BCUT2D eigenvalue weighted by Crippen LogP contribution is 2.25. The molecule has 0 bridgehead atoms. The zero-order valence-corrected chi connectivity index (χ0v) is 12.3. The molecule has 0 amide bonds. The first kappa shape index (κ1) is 14.6. The summed E-state index contributed by atoms with van der Waals surface area (Å²) >= 11 is 0. The normalized spacial score (nSPS) is 21.5. The number of ether oxygens (including phenoxy) is 1. The fourth-order valence-corrected chi connectivity index (χ4v) is 2.69. The Balaban J connectivity index is 1.86. The number of rotatable bonds is 7. The van der Waals surface area contributed by atoms with Gasteiger partial charge in [-0.3, -0.25) is 0 Å². The second-order valence-corrected chi connectivity index (χ2v) is 5.52. The molecule has 1 aromatic rings. The van der Waals surface area contributed by atoms with Gasteiger partial charge < -0.3 is 14.5 Å². The average Bonchev–Trinajstić information content (AvgIpc) is 2.86. The maximum atomic E-state index is 5.82. The molecule has 0 aromatic carbocycles. The minimum absolute atomic E-state index is 0.333. The van der Waals surface area contributed by atoms with Crippen LogP contribution in [0.25, 0.3) is 0 Å². The minimum Gasteiger partial charge on any atom is -0.465 e. The van der Waals surface area contributed by atoms with Crippen LogP contribution in [-0.4, -0.2) is 19.3 Å². The third-order valence-corrected chi connectivity index (χ3v) is 3.80. The molecule has 2 heterocycles. The lowest BCUT2D eigenvalue weighted by Gasteiger charge is -2.24. The third-order valence-electron chi connectivity index (χ3n) is 3.80. The van der Waals surface area contributed by atoms with Crippen molar-refractivity contribution < 1.29 is 9.15 Å².